The van der Waals surface area contributed by atoms with Crippen LogP contribution >= 0.6 is 11.3 Å². The molecule has 1 atom stereocenters. The van der Waals surface area contributed by atoms with E-state index in [1.165, 1.54) is 28.4 Å². The van der Waals surface area contributed by atoms with Gasteiger partial charge in [0.1, 0.15) is 5.54 Å². The van der Waals surface area contributed by atoms with Crippen LogP contribution in [0.1, 0.15) is 23.8 Å². The number of alkyl halides is 2. The second-order valence-electron chi connectivity index (χ2n) is 6.48. The van der Waals surface area contributed by atoms with Crippen molar-refractivity contribution in [3.8, 4) is 11.1 Å². The number of nitrogens with two attached hydrogens (primary N) is 1. The van der Waals surface area contributed by atoms with Gasteiger partial charge in [0.05, 0.1) is 6.42 Å². The number of thiophene rings is 1. The number of hydrogen-bond donors (Lipinski definition) is 1. The summed E-state index contributed by atoms with van der Waals surface area (Å²) in [6.45, 7) is 5.05. The van der Waals surface area contributed by atoms with Gasteiger partial charge >= 0.3 is 0 Å². The minimum atomic E-state index is -3.08. The molecule has 3 rings (SSSR count). The number of amides is 1. The molecule has 0 saturated carbocycles. The minimum absolute atomic E-state index is 0.109. The summed E-state index contributed by atoms with van der Waals surface area (Å²) in [5.41, 5.74) is 6.46. The summed E-state index contributed by atoms with van der Waals surface area (Å²) in [7, 11) is 1.59. The van der Waals surface area contributed by atoms with Crippen LogP contribution in [0.3, 0.4) is 0 Å². The number of nitrogens with zero attached hydrogens (tertiary/aromatic N) is 2. The van der Waals surface area contributed by atoms with Crippen LogP contribution < -0.4 is 5.73 Å². The topological polar surface area (TPSA) is 58.7 Å². The lowest BCUT2D eigenvalue weighted by Gasteiger charge is -2.32. The molecule has 0 bridgehead atoms. The molecule has 7 heteroatoms. The quantitative estimate of drug-likeness (QED) is 0.819. The molecular weight excluding hydrogens is 356 g/mol. The van der Waals surface area contributed by atoms with Gasteiger partial charge in [0.2, 0.25) is 5.91 Å². The molecule has 0 radical (unpaired) electrons. The van der Waals surface area contributed by atoms with Gasteiger partial charge in [-0.05, 0) is 41.6 Å². The van der Waals surface area contributed by atoms with E-state index in [-0.39, 0.29) is 23.9 Å². The van der Waals surface area contributed by atoms with E-state index in [9.17, 15) is 13.6 Å². The van der Waals surface area contributed by atoms with Crippen LogP contribution in [0, 0.1) is 0 Å². The number of halogens is 2. The van der Waals surface area contributed by atoms with Crippen LogP contribution in [0.25, 0.3) is 11.1 Å². The van der Waals surface area contributed by atoms with Crippen molar-refractivity contribution in [2.24, 2.45) is 10.7 Å². The third-order valence-electron chi connectivity index (χ3n) is 4.54. The van der Waals surface area contributed by atoms with E-state index in [1.54, 1.807) is 19.2 Å². The van der Waals surface area contributed by atoms with Crippen molar-refractivity contribution < 1.29 is 13.6 Å². The molecule has 1 aliphatic heterocycles. The summed E-state index contributed by atoms with van der Waals surface area (Å²) in [6, 6.07) is 8.07. The highest BCUT2D eigenvalue weighted by Crippen LogP contribution is 2.40. The van der Waals surface area contributed by atoms with Gasteiger partial charge in [0.15, 0.2) is 5.96 Å². The van der Waals surface area contributed by atoms with E-state index < -0.39 is 11.5 Å². The lowest BCUT2D eigenvalue weighted by Crippen LogP contribution is -2.47. The molecule has 1 aromatic carbocycles. The molecule has 0 fully saturated rings. The summed E-state index contributed by atoms with van der Waals surface area (Å²) >= 11 is 1.43. The van der Waals surface area contributed by atoms with Crippen LogP contribution in [0.5, 0.6) is 0 Å². The Balaban J connectivity index is 1.98. The predicted molar refractivity (Wildman–Crippen MR) is 100 cm³/mol. The fraction of sp³-hybridized carbons (Fsp3) is 0.263. The van der Waals surface area contributed by atoms with Crippen molar-refractivity contribution in [3.05, 3.63) is 58.8 Å². The molecule has 26 heavy (non-hydrogen) atoms. The largest absolute Gasteiger partial charge is 0.369 e. The van der Waals surface area contributed by atoms with E-state index in [4.69, 9.17) is 5.73 Å². The molecule has 2 aromatic rings. The molecule has 2 N–H and O–H groups in total. The molecule has 0 aliphatic carbocycles. The highest BCUT2D eigenvalue weighted by molar-refractivity contribution is 7.10. The Hall–Kier alpha value is -2.54. The van der Waals surface area contributed by atoms with E-state index in [1.807, 2.05) is 18.4 Å². The van der Waals surface area contributed by atoms with Crippen LogP contribution in [-0.4, -0.2) is 23.8 Å². The van der Waals surface area contributed by atoms with Crippen molar-refractivity contribution in [2.45, 2.75) is 24.8 Å². The minimum Gasteiger partial charge on any atom is -0.369 e. The first-order chi connectivity index (χ1) is 12.2. The van der Waals surface area contributed by atoms with Crippen LogP contribution in [0.4, 0.5) is 8.78 Å². The number of benzene rings is 1. The van der Waals surface area contributed by atoms with Crippen LogP contribution in [0.15, 0.2) is 53.4 Å². The lowest BCUT2D eigenvalue weighted by molar-refractivity contribution is -0.128. The predicted octanol–water partition coefficient (Wildman–Crippen LogP) is 4.08. The number of rotatable bonds is 4. The summed E-state index contributed by atoms with van der Waals surface area (Å²) in [4.78, 5) is 18.8. The smallest absolute Gasteiger partial charge is 0.291 e. The van der Waals surface area contributed by atoms with Crippen molar-refractivity contribution in [1.82, 2.24) is 4.90 Å². The standard InChI is InChI=1S/C19H19F2N3OS/c1-4-19(20,21)14-7-5-6-12(8-14)13-9-15(26-11-13)18(2)10-16(25)24(3)17(22)23-18/h4-9,11H,1,10H2,2-3H3,(H2,22,23)/t18-/m0/s1. The van der Waals surface area contributed by atoms with Crippen molar-refractivity contribution in [3.63, 3.8) is 0 Å². The normalized spacial score (nSPS) is 20.8. The second kappa shape index (κ2) is 6.32. The Kier molecular flexibility index (Phi) is 4.44. The zero-order chi connectivity index (χ0) is 19.1. The fourth-order valence-corrected chi connectivity index (χ4v) is 3.87. The van der Waals surface area contributed by atoms with Gasteiger partial charge in [0, 0.05) is 17.5 Å². The summed E-state index contributed by atoms with van der Waals surface area (Å²) in [5, 5.41) is 1.88. The maximum absolute atomic E-state index is 13.9. The molecular formula is C19H19F2N3OS. The van der Waals surface area contributed by atoms with E-state index in [2.05, 4.69) is 11.6 Å². The monoisotopic (exact) mass is 375 g/mol. The molecule has 4 nitrogen and oxygen atoms in total. The number of guanidine groups is 1. The third-order valence-corrected chi connectivity index (χ3v) is 5.73. The zero-order valence-electron chi connectivity index (χ0n) is 14.5. The molecule has 1 amide bonds. The molecule has 2 heterocycles. The molecule has 1 aliphatic rings. The summed E-state index contributed by atoms with van der Waals surface area (Å²) in [5.74, 6) is -3.02. The first-order valence-corrected chi connectivity index (χ1v) is 8.87. The van der Waals surface area contributed by atoms with E-state index in [0.29, 0.717) is 11.6 Å². The maximum Gasteiger partial charge on any atom is 0.291 e. The maximum atomic E-state index is 13.9. The first-order valence-electron chi connectivity index (χ1n) is 7.99. The number of aliphatic imine (C=N–C) groups is 1. The van der Waals surface area contributed by atoms with Gasteiger partial charge in [-0.3, -0.25) is 9.69 Å². The highest BCUT2D eigenvalue weighted by atomic mass is 32.1. The zero-order valence-corrected chi connectivity index (χ0v) is 15.3. The molecule has 1 aromatic heterocycles. The Bertz CT molecular complexity index is 906. The Morgan fingerprint density at radius 3 is 2.77 bits per heavy atom. The van der Waals surface area contributed by atoms with Gasteiger partial charge < -0.3 is 5.73 Å². The van der Waals surface area contributed by atoms with Gasteiger partial charge in [-0.2, -0.15) is 8.78 Å². The van der Waals surface area contributed by atoms with E-state index in [0.717, 1.165) is 10.4 Å². The Morgan fingerprint density at radius 2 is 2.12 bits per heavy atom. The second-order valence-corrected chi connectivity index (χ2v) is 7.39. The summed E-state index contributed by atoms with van der Waals surface area (Å²) in [6.07, 6.45) is 0.840. The third kappa shape index (κ3) is 3.14. The van der Waals surface area contributed by atoms with Crippen molar-refractivity contribution >= 4 is 23.2 Å². The Labute approximate surface area is 154 Å². The highest BCUT2D eigenvalue weighted by Gasteiger charge is 2.37. The lowest BCUT2D eigenvalue weighted by atomic mass is 9.93. The Morgan fingerprint density at radius 1 is 1.38 bits per heavy atom. The van der Waals surface area contributed by atoms with Gasteiger partial charge in [-0.25, -0.2) is 4.99 Å². The fourth-order valence-electron chi connectivity index (χ4n) is 2.84. The van der Waals surface area contributed by atoms with Gasteiger partial charge in [-0.15, -0.1) is 11.3 Å². The average Bonchev–Trinajstić information content (AvgIpc) is 3.11. The van der Waals surface area contributed by atoms with Gasteiger partial charge in [0.25, 0.3) is 5.92 Å². The average molecular weight is 375 g/mol. The molecule has 0 saturated heterocycles. The van der Waals surface area contributed by atoms with Gasteiger partial charge in [-0.1, -0.05) is 24.8 Å². The number of hydrogen-bond acceptors (Lipinski definition) is 4. The van der Waals surface area contributed by atoms with Crippen molar-refractivity contribution in [1.29, 1.82) is 0 Å². The van der Waals surface area contributed by atoms with Crippen LogP contribution in [-0.2, 0) is 16.3 Å². The number of carbonyl (C=O) groups excluding carboxylic acids is 1. The summed E-state index contributed by atoms with van der Waals surface area (Å²) < 4.78 is 27.7. The van der Waals surface area contributed by atoms with Crippen LogP contribution in [0.2, 0.25) is 0 Å². The molecule has 136 valence electrons. The molecule has 0 unspecified atom stereocenters. The first kappa shape index (κ1) is 18.3. The molecule has 0 spiro atoms. The SMILES string of the molecule is C=CC(F)(F)c1cccc(-c2csc([C@]3(C)CC(=O)N(C)C(N)=N3)c2)c1. The van der Waals surface area contributed by atoms with Crippen molar-refractivity contribution in [2.75, 3.05) is 7.05 Å². The van der Waals surface area contributed by atoms with E-state index >= 15 is 0 Å². The number of carbonyl (C=O) groups is 1. The number of allylic oxidation sites excluding steroid dienone is 1.